The van der Waals surface area contributed by atoms with E-state index in [1.54, 1.807) is 36.1 Å². The molecule has 2 aromatic carbocycles. The van der Waals surface area contributed by atoms with Gasteiger partial charge in [0, 0.05) is 36.8 Å². The minimum atomic E-state index is -3.35. The number of aryl methyl sites for hydroxylation is 1. The van der Waals surface area contributed by atoms with Crippen molar-refractivity contribution < 1.29 is 18.0 Å². The van der Waals surface area contributed by atoms with Crippen LogP contribution >= 0.6 is 0 Å². The molecule has 0 spiro atoms. The molecule has 0 atom stereocenters. The fourth-order valence-corrected chi connectivity index (χ4v) is 4.39. The van der Waals surface area contributed by atoms with Gasteiger partial charge in [-0.25, -0.2) is 8.42 Å². The first-order chi connectivity index (χ1) is 15.4. The number of nitrogens with one attached hydrogen (secondary N) is 2. The molecule has 3 rings (SSSR count). The van der Waals surface area contributed by atoms with Gasteiger partial charge in [0.15, 0.2) is 0 Å². The zero-order valence-corrected chi connectivity index (χ0v) is 19.2. The number of benzene rings is 2. The SMILES string of the molecule is CCS(=O)(=O)Nc1ccc(C(=O)N2CCC(C(=O)NCCCc3ccccc3)CC2)cc1. The van der Waals surface area contributed by atoms with Crippen LogP contribution in [0.2, 0.25) is 0 Å². The Morgan fingerprint density at radius 3 is 2.28 bits per heavy atom. The lowest BCUT2D eigenvalue weighted by atomic mass is 9.95. The lowest BCUT2D eigenvalue weighted by Crippen LogP contribution is -2.43. The Bertz CT molecular complexity index is 999. The Morgan fingerprint density at radius 2 is 1.66 bits per heavy atom. The summed E-state index contributed by atoms with van der Waals surface area (Å²) in [7, 11) is -3.35. The highest BCUT2D eigenvalue weighted by atomic mass is 32.2. The molecule has 1 heterocycles. The third-order valence-corrected chi connectivity index (χ3v) is 7.03. The number of nitrogens with zero attached hydrogens (tertiary/aromatic N) is 1. The van der Waals surface area contributed by atoms with Crippen molar-refractivity contribution in [1.82, 2.24) is 10.2 Å². The number of piperidine rings is 1. The molecule has 2 amide bonds. The van der Waals surface area contributed by atoms with Gasteiger partial charge in [0.2, 0.25) is 15.9 Å². The van der Waals surface area contributed by atoms with Crippen molar-refractivity contribution in [2.24, 2.45) is 5.92 Å². The first-order valence-electron chi connectivity index (χ1n) is 11.1. The molecule has 7 nitrogen and oxygen atoms in total. The maximum absolute atomic E-state index is 12.8. The van der Waals surface area contributed by atoms with Crippen molar-refractivity contribution in [2.75, 3.05) is 30.1 Å². The molecule has 1 fully saturated rings. The van der Waals surface area contributed by atoms with Crippen LogP contribution in [0.1, 0.15) is 42.1 Å². The average Bonchev–Trinajstić information content (AvgIpc) is 2.82. The quantitative estimate of drug-likeness (QED) is 0.566. The maximum Gasteiger partial charge on any atom is 0.253 e. The molecule has 0 bridgehead atoms. The molecule has 2 aromatic rings. The summed E-state index contributed by atoms with van der Waals surface area (Å²) in [5.74, 6) is -0.112. The second-order valence-electron chi connectivity index (χ2n) is 8.03. The topological polar surface area (TPSA) is 95.6 Å². The second-order valence-corrected chi connectivity index (χ2v) is 10.0. The van der Waals surface area contributed by atoms with Crippen molar-refractivity contribution in [1.29, 1.82) is 0 Å². The van der Waals surface area contributed by atoms with E-state index in [2.05, 4.69) is 22.2 Å². The standard InChI is InChI=1S/C24H31N3O4S/c1-2-32(30,31)26-22-12-10-21(11-13-22)24(29)27-17-14-20(15-18-27)23(28)25-16-6-9-19-7-4-3-5-8-19/h3-5,7-8,10-13,20,26H,2,6,9,14-18H2,1H3,(H,25,28). The molecule has 2 N–H and O–H groups in total. The summed E-state index contributed by atoms with van der Waals surface area (Å²) in [4.78, 5) is 27.0. The third-order valence-electron chi connectivity index (χ3n) is 5.72. The molecule has 0 unspecified atom stereocenters. The highest BCUT2D eigenvalue weighted by molar-refractivity contribution is 7.92. The van der Waals surface area contributed by atoms with E-state index in [9.17, 15) is 18.0 Å². The Labute approximate surface area is 190 Å². The number of amides is 2. The zero-order valence-electron chi connectivity index (χ0n) is 18.4. The van der Waals surface area contributed by atoms with E-state index in [-0.39, 0.29) is 23.5 Å². The second kappa shape index (κ2) is 11.1. The molecule has 32 heavy (non-hydrogen) atoms. The molecule has 0 radical (unpaired) electrons. The largest absolute Gasteiger partial charge is 0.356 e. The monoisotopic (exact) mass is 457 g/mol. The van der Waals surface area contributed by atoms with Gasteiger partial charge in [0.1, 0.15) is 0 Å². The number of carbonyl (C=O) groups excluding carboxylic acids is 2. The first-order valence-corrected chi connectivity index (χ1v) is 12.7. The van der Waals surface area contributed by atoms with E-state index in [0.29, 0.717) is 43.7 Å². The molecule has 1 saturated heterocycles. The highest BCUT2D eigenvalue weighted by Gasteiger charge is 2.27. The van der Waals surface area contributed by atoms with Gasteiger partial charge in [0.25, 0.3) is 5.91 Å². The molecule has 0 aliphatic carbocycles. The third kappa shape index (κ3) is 6.82. The normalized spacial score (nSPS) is 14.7. The lowest BCUT2D eigenvalue weighted by Gasteiger charge is -2.31. The van der Waals surface area contributed by atoms with E-state index < -0.39 is 10.0 Å². The Hall–Kier alpha value is -2.87. The van der Waals surface area contributed by atoms with E-state index in [1.807, 2.05) is 18.2 Å². The molecule has 1 aliphatic rings. The molecular weight excluding hydrogens is 426 g/mol. The Balaban J connectivity index is 1.41. The van der Waals surface area contributed by atoms with Crippen LogP contribution in [0.25, 0.3) is 0 Å². The predicted octanol–water partition coefficient (Wildman–Crippen LogP) is 3.05. The predicted molar refractivity (Wildman–Crippen MR) is 126 cm³/mol. The van der Waals surface area contributed by atoms with Crippen LogP contribution in [-0.2, 0) is 21.2 Å². The molecule has 8 heteroatoms. The molecule has 172 valence electrons. The van der Waals surface area contributed by atoms with E-state index in [0.717, 1.165) is 12.8 Å². The van der Waals surface area contributed by atoms with Crippen LogP contribution < -0.4 is 10.0 Å². The van der Waals surface area contributed by atoms with Crippen molar-refractivity contribution in [3.63, 3.8) is 0 Å². The number of anilines is 1. The Kier molecular flexibility index (Phi) is 8.27. The number of hydrogen-bond acceptors (Lipinski definition) is 4. The van der Waals surface area contributed by atoms with Gasteiger partial charge in [0.05, 0.1) is 5.75 Å². The van der Waals surface area contributed by atoms with Gasteiger partial charge in [-0.1, -0.05) is 30.3 Å². The van der Waals surface area contributed by atoms with Crippen LogP contribution in [0.3, 0.4) is 0 Å². The number of sulfonamides is 1. The van der Waals surface area contributed by atoms with Gasteiger partial charge in [-0.3, -0.25) is 14.3 Å². The van der Waals surface area contributed by atoms with E-state index >= 15 is 0 Å². The van der Waals surface area contributed by atoms with Crippen molar-refractivity contribution >= 4 is 27.5 Å². The number of carbonyl (C=O) groups is 2. The smallest absolute Gasteiger partial charge is 0.253 e. The van der Waals surface area contributed by atoms with Gasteiger partial charge < -0.3 is 10.2 Å². The van der Waals surface area contributed by atoms with Crippen molar-refractivity contribution in [2.45, 2.75) is 32.6 Å². The minimum absolute atomic E-state index is 0.0107. The minimum Gasteiger partial charge on any atom is -0.356 e. The van der Waals surface area contributed by atoms with Gasteiger partial charge in [-0.05, 0) is 62.4 Å². The van der Waals surface area contributed by atoms with Crippen LogP contribution in [0.4, 0.5) is 5.69 Å². The van der Waals surface area contributed by atoms with Crippen LogP contribution in [0.15, 0.2) is 54.6 Å². The summed E-state index contributed by atoms with van der Waals surface area (Å²) in [6.07, 6.45) is 3.12. The molecule has 1 aliphatic heterocycles. The summed E-state index contributed by atoms with van der Waals surface area (Å²) < 4.78 is 25.8. The fourth-order valence-electron chi connectivity index (χ4n) is 3.75. The number of likely N-dealkylation sites (tertiary alicyclic amines) is 1. The van der Waals surface area contributed by atoms with E-state index in [1.165, 1.54) is 5.56 Å². The summed E-state index contributed by atoms with van der Waals surface area (Å²) in [5.41, 5.74) is 2.21. The van der Waals surface area contributed by atoms with Crippen LogP contribution in [-0.4, -0.2) is 50.5 Å². The molecule has 0 aromatic heterocycles. The summed E-state index contributed by atoms with van der Waals surface area (Å²) in [6, 6.07) is 16.7. The van der Waals surface area contributed by atoms with Gasteiger partial charge >= 0.3 is 0 Å². The zero-order chi connectivity index (χ0) is 23.0. The maximum atomic E-state index is 12.8. The van der Waals surface area contributed by atoms with Crippen LogP contribution in [0.5, 0.6) is 0 Å². The first kappa shape index (κ1) is 23.8. The number of hydrogen-bond donors (Lipinski definition) is 2. The average molecular weight is 458 g/mol. The fraction of sp³-hybridized carbons (Fsp3) is 0.417. The van der Waals surface area contributed by atoms with Gasteiger partial charge in [-0.15, -0.1) is 0 Å². The van der Waals surface area contributed by atoms with Crippen molar-refractivity contribution in [3.05, 3.63) is 65.7 Å². The van der Waals surface area contributed by atoms with Crippen molar-refractivity contribution in [3.8, 4) is 0 Å². The summed E-state index contributed by atoms with van der Waals surface area (Å²) >= 11 is 0. The highest BCUT2D eigenvalue weighted by Crippen LogP contribution is 2.20. The Morgan fingerprint density at radius 1 is 1.00 bits per heavy atom. The molecule has 0 saturated carbocycles. The number of rotatable bonds is 9. The van der Waals surface area contributed by atoms with E-state index in [4.69, 9.17) is 0 Å². The lowest BCUT2D eigenvalue weighted by molar-refractivity contribution is -0.126. The molecular formula is C24H31N3O4S. The van der Waals surface area contributed by atoms with Gasteiger partial charge in [-0.2, -0.15) is 0 Å². The van der Waals surface area contributed by atoms with Crippen LogP contribution in [0, 0.1) is 5.92 Å². The summed E-state index contributed by atoms with van der Waals surface area (Å²) in [5, 5.41) is 3.03. The summed E-state index contributed by atoms with van der Waals surface area (Å²) in [6.45, 7) is 3.28.